The Labute approximate surface area is 240 Å². The number of quaternary nitrogens is 1. The van der Waals surface area contributed by atoms with Crippen molar-refractivity contribution in [2.24, 2.45) is 0 Å². The molecule has 1 heterocycles. The van der Waals surface area contributed by atoms with Crippen molar-refractivity contribution in [3.05, 3.63) is 83.4 Å². The van der Waals surface area contributed by atoms with Crippen LogP contribution in [-0.2, 0) is 16.0 Å². The maximum Gasteiger partial charge on any atom is 0.337 e. The van der Waals surface area contributed by atoms with Crippen LogP contribution in [0.15, 0.2) is 66.7 Å². The number of methoxy groups -OCH3 is 2. The Morgan fingerprint density at radius 1 is 0.951 bits per heavy atom. The van der Waals surface area contributed by atoms with Crippen LogP contribution in [0.25, 0.3) is 0 Å². The lowest BCUT2D eigenvalue weighted by Gasteiger charge is -2.31. The lowest BCUT2D eigenvalue weighted by atomic mass is 10.1. The number of para-hydroxylation sites is 1. The highest BCUT2D eigenvalue weighted by atomic mass is 16.5. The summed E-state index contributed by atoms with van der Waals surface area (Å²) in [7, 11) is 4.76. The van der Waals surface area contributed by atoms with Crippen LogP contribution in [0.5, 0.6) is 11.5 Å². The van der Waals surface area contributed by atoms with Crippen LogP contribution in [0.4, 0.5) is 16.2 Å². The number of hydrogen-bond acceptors (Lipinski definition) is 7. The molecule has 3 N–H and O–H groups in total. The summed E-state index contributed by atoms with van der Waals surface area (Å²) in [5.74, 6) is 0.624. The van der Waals surface area contributed by atoms with E-state index in [1.165, 1.54) is 14.2 Å². The third-order valence-electron chi connectivity index (χ3n) is 7.43. The Hall–Kier alpha value is -4.41. The van der Waals surface area contributed by atoms with Gasteiger partial charge in [0.2, 0.25) is 6.73 Å². The van der Waals surface area contributed by atoms with Crippen molar-refractivity contribution in [3.63, 3.8) is 0 Å². The van der Waals surface area contributed by atoms with E-state index in [-0.39, 0.29) is 29.6 Å². The van der Waals surface area contributed by atoms with Crippen LogP contribution >= 0.6 is 0 Å². The summed E-state index contributed by atoms with van der Waals surface area (Å²) in [5, 5.41) is 8.95. The minimum atomic E-state index is -0.421. The van der Waals surface area contributed by atoms with Gasteiger partial charge in [-0.05, 0) is 67.6 Å². The molecule has 3 amide bonds. The molecule has 1 saturated heterocycles. The predicted octanol–water partition coefficient (Wildman–Crippen LogP) is 4.35. The molecule has 3 aromatic carbocycles. The molecule has 1 aliphatic rings. The minimum Gasteiger partial charge on any atom is -0.495 e. The molecule has 3 aromatic rings. The summed E-state index contributed by atoms with van der Waals surface area (Å²) < 4.78 is 16.5. The molecular weight excluding hydrogens is 524 g/mol. The number of esters is 1. The molecule has 0 aliphatic carbocycles. The number of ether oxygens (including phenoxy) is 3. The standard InChI is InChI=1S/C31H36N4O6/c1-21-7-5-6-8-26(21)33-31(38)34-27-14-9-22(17-28(27)39-3)18-29(36)35(16-15-24(19-35)32-2)20-41-25-12-10-23(11-13-25)30(37)40-4/h5-14,17,24,32H,15-16,18-20H2,1-4H3,(H-,33,34,38)/p+1. The maximum atomic E-state index is 13.8. The number of carbonyl (C=O) groups is 3. The van der Waals surface area contributed by atoms with Crippen molar-refractivity contribution >= 4 is 29.3 Å². The third kappa shape index (κ3) is 7.22. The van der Waals surface area contributed by atoms with Crippen LogP contribution in [0.2, 0.25) is 0 Å². The number of hydrogen-bond donors (Lipinski definition) is 3. The zero-order valence-corrected chi connectivity index (χ0v) is 23.9. The molecule has 0 spiro atoms. The number of nitrogens with zero attached hydrogens (tertiary/aromatic N) is 1. The molecule has 0 radical (unpaired) electrons. The molecule has 10 nitrogen and oxygen atoms in total. The zero-order valence-electron chi connectivity index (χ0n) is 23.9. The second-order valence-electron chi connectivity index (χ2n) is 10.1. The van der Waals surface area contributed by atoms with Crippen molar-refractivity contribution in [2.75, 3.05) is 51.7 Å². The number of anilines is 2. The van der Waals surface area contributed by atoms with Gasteiger partial charge in [0.05, 0.1) is 44.5 Å². The SMILES string of the molecule is CNC1CC[N+](COc2ccc(C(=O)OC)cc2)(C(=O)Cc2ccc(NC(=O)Nc3ccccc3C)c(OC)c2)C1. The first-order chi connectivity index (χ1) is 19.8. The van der Waals surface area contributed by atoms with Gasteiger partial charge in [-0.1, -0.05) is 24.3 Å². The van der Waals surface area contributed by atoms with E-state index >= 15 is 0 Å². The molecule has 2 unspecified atom stereocenters. The molecule has 216 valence electrons. The summed E-state index contributed by atoms with van der Waals surface area (Å²) in [4.78, 5) is 38.1. The summed E-state index contributed by atoms with van der Waals surface area (Å²) in [5.41, 5.74) is 3.35. The molecule has 0 saturated carbocycles. The van der Waals surface area contributed by atoms with E-state index in [0.717, 1.165) is 17.5 Å². The smallest absolute Gasteiger partial charge is 0.337 e. The third-order valence-corrected chi connectivity index (χ3v) is 7.43. The first-order valence-electron chi connectivity index (χ1n) is 13.5. The molecule has 10 heteroatoms. The molecule has 41 heavy (non-hydrogen) atoms. The summed E-state index contributed by atoms with van der Waals surface area (Å²) in [6.07, 6.45) is 1.02. The molecule has 0 aromatic heterocycles. The van der Waals surface area contributed by atoms with E-state index in [2.05, 4.69) is 16.0 Å². The van der Waals surface area contributed by atoms with E-state index in [4.69, 9.17) is 14.2 Å². The van der Waals surface area contributed by atoms with Gasteiger partial charge in [0, 0.05) is 12.1 Å². The number of amides is 3. The largest absolute Gasteiger partial charge is 0.495 e. The molecule has 0 bridgehead atoms. The van der Waals surface area contributed by atoms with Gasteiger partial charge in [-0.25, -0.2) is 18.9 Å². The van der Waals surface area contributed by atoms with Crippen LogP contribution < -0.4 is 25.4 Å². The normalized spacial score (nSPS) is 17.9. The van der Waals surface area contributed by atoms with Gasteiger partial charge in [0.15, 0.2) is 0 Å². The van der Waals surface area contributed by atoms with Gasteiger partial charge in [-0.15, -0.1) is 0 Å². The number of rotatable bonds is 10. The van der Waals surface area contributed by atoms with E-state index in [1.54, 1.807) is 36.4 Å². The fraction of sp³-hybridized carbons (Fsp3) is 0.323. The number of likely N-dealkylation sites (N-methyl/N-ethyl adjacent to an activating group) is 1. The number of nitrogens with one attached hydrogen (secondary N) is 3. The Morgan fingerprint density at radius 2 is 1.68 bits per heavy atom. The number of benzene rings is 3. The highest BCUT2D eigenvalue weighted by Crippen LogP contribution is 2.29. The molecule has 1 fully saturated rings. The van der Waals surface area contributed by atoms with Gasteiger partial charge in [0.1, 0.15) is 18.0 Å². The second kappa shape index (κ2) is 13.3. The molecule has 2 atom stereocenters. The van der Waals surface area contributed by atoms with Gasteiger partial charge >= 0.3 is 17.9 Å². The molecule has 4 rings (SSSR count). The minimum absolute atomic E-state index is 0.0222. The summed E-state index contributed by atoms with van der Waals surface area (Å²) >= 11 is 0. The van der Waals surface area contributed by atoms with Crippen molar-refractivity contribution < 1.29 is 33.1 Å². The lowest BCUT2D eigenvalue weighted by molar-refractivity contribution is -0.859. The Kier molecular flexibility index (Phi) is 9.59. The number of likely N-dealkylation sites (tertiary alicyclic amines) is 1. The highest BCUT2D eigenvalue weighted by molar-refractivity contribution is 6.01. The van der Waals surface area contributed by atoms with Crippen molar-refractivity contribution in [1.82, 2.24) is 5.32 Å². The molecular formula is C31H37N4O6+. The number of aryl methyl sites for hydroxylation is 1. The Morgan fingerprint density at radius 3 is 2.34 bits per heavy atom. The fourth-order valence-corrected chi connectivity index (χ4v) is 4.94. The lowest BCUT2D eigenvalue weighted by Crippen LogP contribution is -2.55. The van der Waals surface area contributed by atoms with E-state index in [0.29, 0.717) is 41.5 Å². The number of carbonyl (C=O) groups excluding carboxylic acids is 3. The highest BCUT2D eigenvalue weighted by Gasteiger charge is 2.44. The second-order valence-corrected chi connectivity index (χ2v) is 10.1. The fourth-order valence-electron chi connectivity index (χ4n) is 4.94. The molecule has 1 aliphatic heterocycles. The van der Waals surface area contributed by atoms with Crippen molar-refractivity contribution in [1.29, 1.82) is 0 Å². The van der Waals surface area contributed by atoms with Gasteiger partial charge in [-0.3, -0.25) is 0 Å². The predicted molar refractivity (Wildman–Crippen MR) is 156 cm³/mol. The average Bonchev–Trinajstić information content (AvgIpc) is 3.43. The van der Waals surface area contributed by atoms with Crippen LogP contribution in [-0.4, -0.2) is 69.5 Å². The summed E-state index contributed by atoms with van der Waals surface area (Å²) in [6.45, 7) is 3.33. The topological polar surface area (TPSA) is 115 Å². The van der Waals surface area contributed by atoms with Gasteiger partial charge < -0.3 is 30.2 Å². The first-order valence-corrected chi connectivity index (χ1v) is 13.5. The van der Waals surface area contributed by atoms with E-state index in [1.807, 2.05) is 44.3 Å². The number of urea groups is 1. The maximum absolute atomic E-state index is 13.8. The zero-order chi connectivity index (χ0) is 29.4. The summed E-state index contributed by atoms with van der Waals surface area (Å²) in [6, 6.07) is 19.3. The van der Waals surface area contributed by atoms with Crippen molar-refractivity contribution in [2.45, 2.75) is 25.8 Å². The van der Waals surface area contributed by atoms with Gasteiger partial charge in [0.25, 0.3) is 0 Å². The average molecular weight is 562 g/mol. The van der Waals surface area contributed by atoms with Gasteiger partial charge in [-0.2, -0.15) is 0 Å². The Bertz CT molecular complexity index is 1390. The first kappa shape index (κ1) is 29.6. The van der Waals surface area contributed by atoms with Crippen molar-refractivity contribution in [3.8, 4) is 11.5 Å². The van der Waals surface area contributed by atoms with Crippen LogP contribution in [0.3, 0.4) is 0 Å². The Balaban J connectivity index is 1.45. The van der Waals surface area contributed by atoms with E-state index in [9.17, 15) is 14.4 Å². The van der Waals surface area contributed by atoms with Crippen LogP contribution in [0.1, 0.15) is 27.9 Å². The van der Waals surface area contributed by atoms with E-state index < -0.39 is 12.0 Å². The monoisotopic (exact) mass is 561 g/mol. The quantitative estimate of drug-likeness (QED) is 0.249. The van der Waals surface area contributed by atoms with Crippen LogP contribution in [0, 0.1) is 6.92 Å².